The molecule has 1 aromatic carbocycles. The van der Waals surface area contributed by atoms with Crippen molar-refractivity contribution < 1.29 is 0 Å². The van der Waals surface area contributed by atoms with Crippen LogP contribution in [0.4, 0.5) is 0 Å². The average molecular weight is 269 g/mol. The quantitative estimate of drug-likeness (QED) is 0.873. The van der Waals surface area contributed by atoms with E-state index >= 15 is 0 Å². The number of nitrogens with one attached hydrogen (secondary N) is 1. The lowest BCUT2D eigenvalue weighted by Gasteiger charge is -2.12. The van der Waals surface area contributed by atoms with Gasteiger partial charge in [0.2, 0.25) is 0 Å². The summed E-state index contributed by atoms with van der Waals surface area (Å²) in [6.45, 7) is 6.29. The van der Waals surface area contributed by atoms with Crippen LogP contribution in [0.2, 0.25) is 0 Å². The van der Waals surface area contributed by atoms with Crippen LogP contribution in [0, 0.1) is 6.92 Å². The predicted molar refractivity (Wildman–Crippen MR) is 81.7 cm³/mol. The van der Waals surface area contributed by atoms with Crippen molar-refractivity contribution in [2.75, 3.05) is 0 Å². The van der Waals surface area contributed by atoms with Gasteiger partial charge in [0.1, 0.15) is 5.82 Å². The predicted octanol–water partition coefficient (Wildman–Crippen LogP) is 3.05. The van der Waals surface area contributed by atoms with Crippen LogP contribution in [-0.2, 0) is 19.5 Å². The minimum absolute atomic E-state index is 0.752. The van der Waals surface area contributed by atoms with Crippen molar-refractivity contribution in [3.05, 3.63) is 53.1 Å². The van der Waals surface area contributed by atoms with Crippen LogP contribution in [0.1, 0.15) is 42.3 Å². The summed E-state index contributed by atoms with van der Waals surface area (Å²) in [6.07, 6.45) is 7.55. The molecule has 0 unspecified atom stereocenters. The first-order chi connectivity index (χ1) is 9.76. The third-order valence-electron chi connectivity index (χ3n) is 4.01. The molecule has 1 fully saturated rings. The fraction of sp³-hybridized carbons (Fsp3) is 0.471. The second-order valence-corrected chi connectivity index (χ2v) is 5.73. The number of hydrogen-bond acceptors (Lipinski definition) is 2. The van der Waals surface area contributed by atoms with Gasteiger partial charge in [0, 0.05) is 37.9 Å². The van der Waals surface area contributed by atoms with E-state index in [9.17, 15) is 0 Å². The van der Waals surface area contributed by atoms with Gasteiger partial charge in [-0.1, -0.05) is 23.8 Å². The van der Waals surface area contributed by atoms with Crippen molar-refractivity contribution in [2.45, 2.75) is 52.2 Å². The van der Waals surface area contributed by atoms with Gasteiger partial charge in [-0.05, 0) is 37.8 Å². The van der Waals surface area contributed by atoms with Crippen LogP contribution >= 0.6 is 0 Å². The highest BCUT2D eigenvalue weighted by atomic mass is 15.0. The molecule has 1 aliphatic carbocycles. The van der Waals surface area contributed by atoms with Crippen molar-refractivity contribution in [3.8, 4) is 0 Å². The Morgan fingerprint density at radius 2 is 2.15 bits per heavy atom. The highest BCUT2D eigenvalue weighted by Gasteiger charge is 2.20. The number of benzene rings is 1. The van der Waals surface area contributed by atoms with Gasteiger partial charge in [0.05, 0.1) is 0 Å². The fourth-order valence-electron chi connectivity index (χ4n) is 2.60. The fourth-order valence-corrected chi connectivity index (χ4v) is 2.60. The molecule has 106 valence electrons. The molecular weight excluding hydrogens is 246 g/mol. The third-order valence-corrected chi connectivity index (χ3v) is 4.01. The van der Waals surface area contributed by atoms with Crippen LogP contribution in [0.3, 0.4) is 0 Å². The molecule has 1 aliphatic rings. The summed E-state index contributed by atoms with van der Waals surface area (Å²) in [6, 6.07) is 7.53. The van der Waals surface area contributed by atoms with E-state index in [-0.39, 0.29) is 0 Å². The molecule has 0 amide bonds. The number of rotatable bonds is 6. The van der Waals surface area contributed by atoms with Crippen LogP contribution in [0.25, 0.3) is 0 Å². The van der Waals surface area contributed by atoms with Crippen molar-refractivity contribution in [3.63, 3.8) is 0 Å². The molecule has 1 N–H and O–H groups in total. The van der Waals surface area contributed by atoms with Gasteiger partial charge in [-0.15, -0.1) is 0 Å². The molecular formula is C17H23N3. The Labute approximate surface area is 121 Å². The van der Waals surface area contributed by atoms with E-state index in [2.05, 4.69) is 53.1 Å². The molecule has 2 aromatic rings. The monoisotopic (exact) mass is 269 g/mol. The molecule has 0 saturated heterocycles. The van der Waals surface area contributed by atoms with Crippen LogP contribution in [0.5, 0.6) is 0 Å². The maximum absolute atomic E-state index is 4.50. The summed E-state index contributed by atoms with van der Waals surface area (Å²) in [5.74, 6) is 1.16. The summed E-state index contributed by atoms with van der Waals surface area (Å²) in [5.41, 5.74) is 4.14. The molecule has 20 heavy (non-hydrogen) atoms. The largest absolute Gasteiger partial charge is 0.335 e. The van der Waals surface area contributed by atoms with E-state index < -0.39 is 0 Å². The molecule has 0 bridgehead atoms. The van der Waals surface area contributed by atoms with Gasteiger partial charge >= 0.3 is 0 Å². The minimum Gasteiger partial charge on any atom is -0.335 e. The van der Waals surface area contributed by atoms with E-state index in [4.69, 9.17) is 0 Å². The van der Waals surface area contributed by atoms with Gasteiger partial charge in [0.25, 0.3) is 0 Å². The Morgan fingerprint density at radius 3 is 2.90 bits per heavy atom. The SMILES string of the molecule is CCn1ccnc1Cc1cc(C)ccc1CNC1CC1. The van der Waals surface area contributed by atoms with Crippen molar-refractivity contribution in [2.24, 2.45) is 0 Å². The number of hydrogen-bond donors (Lipinski definition) is 1. The zero-order valence-corrected chi connectivity index (χ0v) is 12.4. The molecule has 3 rings (SSSR count). The van der Waals surface area contributed by atoms with E-state index in [0.29, 0.717) is 0 Å². The van der Waals surface area contributed by atoms with Crippen molar-refractivity contribution >= 4 is 0 Å². The van der Waals surface area contributed by atoms with Gasteiger partial charge < -0.3 is 9.88 Å². The van der Waals surface area contributed by atoms with Gasteiger partial charge in [-0.3, -0.25) is 0 Å². The smallest absolute Gasteiger partial charge is 0.113 e. The second-order valence-electron chi connectivity index (χ2n) is 5.73. The van der Waals surface area contributed by atoms with Crippen LogP contribution in [-0.4, -0.2) is 15.6 Å². The first-order valence-electron chi connectivity index (χ1n) is 7.58. The second kappa shape index (κ2) is 5.80. The Morgan fingerprint density at radius 1 is 1.30 bits per heavy atom. The lowest BCUT2D eigenvalue weighted by atomic mass is 10.0. The van der Waals surface area contributed by atoms with Gasteiger partial charge in [-0.25, -0.2) is 4.98 Å². The Kier molecular flexibility index (Phi) is 3.88. The number of imidazole rings is 1. The summed E-state index contributed by atoms with van der Waals surface area (Å²) < 4.78 is 2.22. The molecule has 3 heteroatoms. The molecule has 3 nitrogen and oxygen atoms in total. The summed E-state index contributed by atoms with van der Waals surface area (Å²) in [7, 11) is 0. The highest BCUT2D eigenvalue weighted by molar-refractivity contribution is 5.33. The summed E-state index contributed by atoms with van der Waals surface area (Å²) >= 11 is 0. The number of aromatic nitrogens is 2. The first kappa shape index (κ1) is 13.4. The summed E-state index contributed by atoms with van der Waals surface area (Å²) in [4.78, 5) is 4.50. The van der Waals surface area contributed by atoms with Gasteiger partial charge in [-0.2, -0.15) is 0 Å². The van der Waals surface area contributed by atoms with E-state index in [1.54, 1.807) is 0 Å². The molecule has 0 radical (unpaired) electrons. The molecule has 0 aliphatic heterocycles. The third kappa shape index (κ3) is 3.10. The standard InChI is InChI=1S/C17H23N3/c1-3-20-9-8-18-17(20)11-15-10-13(2)4-5-14(15)12-19-16-6-7-16/h4-5,8-10,16,19H,3,6-7,11-12H2,1-2H3. The maximum atomic E-state index is 4.50. The Hall–Kier alpha value is -1.61. The van der Waals surface area contributed by atoms with Crippen molar-refractivity contribution in [1.29, 1.82) is 0 Å². The Balaban J connectivity index is 1.80. The van der Waals surface area contributed by atoms with Crippen molar-refractivity contribution in [1.82, 2.24) is 14.9 Å². The maximum Gasteiger partial charge on any atom is 0.113 e. The topological polar surface area (TPSA) is 29.9 Å². The molecule has 0 atom stereocenters. The Bertz CT molecular complexity index is 582. The normalized spacial score (nSPS) is 14.7. The first-order valence-corrected chi connectivity index (χ1v) is 7.58. The van der Waals surface area contributed by atoms with Crippen LogP contribution in [0.15, 0.2) is 30.6 Å². The van der Waals surface area contributed by atoms with E-state index in [1.807, 2.05) is 6.20 Å². The molecule has 0 spiro atoms. The zero-order valence-electron chi connectivity index (χ0n) is 12.4. The van der Waals surface area contributed by atoms with Gasteiger partial charge in [0.15, 0.2) is 0 Å². The number of aryl methyl sites for hydroxylation is 2. The lowest BCUT2D eigenvalue weighted by Crippen LogP contribution is -2.17. The average Bonchev–Trinajstić information content (AvgIpc) is 3.16. The number of nitrogens with zero attached hydrogens (tertiary/aromatic N) is 2. The van der Waals surface area contributed by atoms with E-state index in [0.717, 1.165) is 31.4 Å². The molecule has 1 saturated carbocycles. The minimum atomic E-state index is 0.752. The van der Waals surface area contributed by atoms with Crippen LogP contribution < -0.4 is 5.32 Å². The molecule has 1 aromatic heterocycles. The van der Waals surface area contributed by atoms with E-state index in [1.165, 1.54) is 29.5 Å². The zero-order chi connectivity index (χ0) is 13.9. The molecule has 1 heterocycles. The summed E-state index contributed by atoms with van der Waals surface area (Å²) in [5, 5.41) is 3.61. The lowest BCUT2D eigenvalue weighted by molar-refractivity contribution is 0.677. The highest BCUT2D eigenvalue weighted by Crippen LogP contribution is 2.21.